The Morgan fingerprint density at radius 1 is 0.283 bits per heavy atom. The number of benzene rings is 7. The van der Waals surface area contributed by atoms with Crippen molar-refractivity contribution in [1.29, 1.82) is 0 Å². The van der Waals surface area contributed by atoms with Gasteiger partial charge in [0.2, 0.25) is 0 Å². The van der Waals surface area contributed by atoms with Gasteiger partial charge in [-0.3, -0.25) is 0 Å². The second-order valence-electron chi connectivity index (χ2n) is 12.1. The third kappa shape index (κ3) is 3.03. The maximum atomic E-state index is 6.28. The van der Waals surface area contributed by atoms with Gasteiger partial charge >= 0.3 is 0 Å². The molecule has 0 aliphatic rings. The average Bonchev–Trinajstić information content (AvgIpc) is 3.85. The fourth-order valence-electron chi connectivity index (χ4n) is 7.86. The van der Waals surface area contributed by atoms with Crippen LogP contribution < -0.4 is 0 Å². The summed E-state index contributed by atoms with van der Waals surface area (Å²) in [5.41, 5.74) is 10.6. The van der Waals surface area contributed by atoms with Crippen molar-refractivity contribution >= 4 is 87.5 Å². The number of fused-ring (bicyclic) bond motifs is 14. The predicted octanol–water partition coefficient (Wildman–Crippen LogP) is 11.7. The molecule has 0 fully saturated rings. The second kappa shape index (κ2) is 8.68. The van der Waals surface area contributed by atoms with Gasteiger partial charge in [-0.25, -0.2) is 0 Å². The lowest BCUT2D eigenvalue weighted by atomic mass is 10.1. The molecule has 0 radical (unpaired) electrons. The van der Waals surface area contributed by atoms with E-state index in [1.807, 2.05) is 24.3 Å². The maximum Gasteiger partial charge on any atom is 0.136 e. The highest BCUT2D eigenvalue weighted by molar-refractivity contribution is 6.28. The Kier molecular flexibility index (Phi) is 4.55. The lowest BCUT2D eigenvalue weighted by molar-refractivity contribution is 0.669. The number of rotatable bonds is 2. The average molecular weight is 589 g/mol. The standard InChI is InChI=1S/C42H24N2O2/c1-5-13-31-27(9-1)39-33(21-23-37-41(39)29-11-3-7-15-35(29)45-37)43(31)25-17-19-26(20-18-25)44-32-14-6-2-10-28(32)40-34(44)22-24-38-42(40)30-12-4-8-16-36(30)46-38/h1-24H. The van der Waals surface area contributed by atoms with Gasteiger partial charge in [-0.2, -0.15) is 0 Å². The van der Waals surface area contributed by atoms with Crippen molar-refractivity contribution in [3.05, 3.63) is 146 Å². The fraction of sp³-hybridized carbons (Fsp3) is 0. The van der Waals surface area contributed by atoms with Crippen LogP contribution in [0.2, 0.25) is 0 Å². The van der Waals surface area contributed by atoms with Gasteiger partial charge in [0.1, 0.15) is 22.3 Å². The summed E-state index contributed by atoms with van der Waals surface area (Å²) in [5.74, 6) is 0. The minimum absolute atomic E-state index is 0.915. The molecule has 0 N–H and O–H groups in total. The number of nitrogens with zero attached hydrogens (tertiary/aromatic N) is 2. The van der Waals surface area contributed by atoms with Crippen molar-refractivity contribution in [3.8, 4) is 11.4 Å². The summed E-state index contributed by atoms with van der Waals surface area (Å²) in [7, 11) is 0. The van der Waals surface area contributed by atoms with Crippen LogP contribution in [0.3, 0.4) is 0 Å². The first-order chi connectivity index (χ1) is 22.8. The third-order valence-corrected chi connectivity index (χ3v) is 9.72. The summed E-state index contributed by atoms with van der Waals surface area (Å²) in [6, 6.07) is 51.6. The van der Waals surface area contributed by atoms with Crippen molar-refractivity contribution in [1.82, 2.24) is 9.13 Å². The molecule has 0 aliphatic heterocycles. The Balaban J connectivity index is 1.16. The van der Waals surface area contributed by atoms with Gasteiger partial charge in [0, 0.05) is 54.5 Å². The first-order valence-corrected chi connectivity index (χ1v) is 15.6. The molecule has 214 valence electrons. The molecule has 0 aliphatic carbocycles. The number of furan rings is 2. The minimum Gasteiger partial charge on any atom is -0.456 e. The van der Waals surface area contributed by atoms with E-state index in [9.17, 15) is 0 Å². The van der Waals surface area contributed by atoms with Gasteiger partial charge in [0.05, 0.1) is 22.1 Å². The number of hydrogen-bond acceptors (Lipinski definition) is 2. The second-order valence-corrected chi connectivity index (χ2v) is 12.1. The van der Waals surface area contributed by atoms with Crippen molar-refractivity contribution in [2.75, 3.05) is 0 Å². The predicted molar refractivity (Wildman–Crippen MR) is 190 cm³/mol. The molecule has 0 saturated carbocycles. The van der Waals surface area contributed by atoms with E-state index in [0.29, 0.717) is 0 Å². The van der Waals surface area contributed by atoms with Gasteiger partial charge in [0.15, 0.2) is 0 Å². The summed E-state index contributed by atoms with van der Waals surface area (Å²) in [5, 5.41) is 9.52. The van der Waals surface area contributed by atoms with E-state index in [4.69, 9.17) is 8.83 Å². The Morgan fingerprint density at radius 3 is 1.13 bits per heavy atom. The molecule has 0 amide bonds. The molecule has 4 heteroatoms. The molecule has 4 aromatic heterocycles. The normalized spacial score (nSPS) is 12.3. The van der Waals surface area contributed by atoms with E-state index >= 15 is 0 Å². The Bertz CT molecular complexity index is 2810. The summed E-state index contributed by atoms with van der Waals surface area (Å²) in [6.07, 6.45) is 0. The van der Waals surface area contributed by atoms with Crippen LogP contribution in [0.25, 0.3) is 98.9 Å². The highest BCUT2D eigenvalue weighted by Crippen LogP contribution is 2.43. The van der Waals surface area contributed by atoms with Gasteiger partial charge in [-0.1, -0.05) is 72.8 Å². The minimum atomic E-state index is 0.915. The largest absolute Gasteiger partial charge is 0.456 e. The Morgan fingerprint density at radius 2 is 0.674 bits per heavy atom. The zero-order chi connectivity index (χ0) is 29.9. The fourth-order valence-corrected chi connectivity index (χ4v) is 7.86. The lowest BCUT2D eigenvalue weighted by Gasteiger charge is -2.11. The van der Waals surface area contributed by atoms with Crippen molar-refractivity contribution < 1.29 is 8.83 Å². The molecule has 46 heavy (non-hydrogen) atoms. The van der Waals surface area contributed by atoms with E-state index in [1.165, 1.54) is 54.4 Å². The summed E-state index contributed by atoms with van der Waals surface area (Å²) < 4.78 is 17.3. The van der Waals surface area contributed by atoms with Crippen LogP contribution in [0.1, 0.15) is 0 Å². The molecule has 11 rings (SSSR count). The topological polar surface area (TPSA) is 36.1 Å². The SMILES string of the molecule is c1ccc2c(c1)oc1ccc3c(c4ccccc4n3-c3ccc(-n4c5ccccc5c5c6c(ccc54)oc4ccccc46)cc3)c12. The van der Waals surface area contributed by atoms with E-state index in [1.54, 1.807) is 0 Å². The molecule has 4 heterocycles. The monoisotopic (exact) mass is 588 g/mol. The molecular formula is C42H24N2O2. The Labute approximate surface area is 261 Å². The van der Waals surface area contributed by atoms with Crippen LogP contribution in [-0.2, 0) is 0 Å². The van der Waals surface area contributed by atoms with Crippen molar-refractivity contribution in [2.45, 2.75) is 0 Å². The number of aromatic nitrogens is 2. The maximum absolute atomic E-state index is 6.28. The van der Waals surface area contributed by atoms with Crippen LogP contribution in [-0.4, -0.2) is 9.13 Å². The van der Waals surface area contributed by atoms with Crippen molar-refractivity contribution in [2.24, 2.45) is 0 Å². The van der Waals surface area contributed by atoms with Crippen molar-refractivity contribution in [3.63, 3.8) is 0 Å². The van der Waals surface area contributed by atoms with E-state index in [-0.39, 0.29) is 0 Å². The highest BCUT2D eigenvalue weighted by Gasteiger charge is 2.20. The van der Waals surface area contributed by atoms with Crippen LogP contribution in [0.15, 0.2) is 154 Å². The van der Waals surface area contributed by atoms with Gasteiger partial charge in [-0.15, -0.1) is 0 Å². The van der Waals surface area contributed by atoms with Gasteiger partial charge in [-0.05, 0) is 72.8 Å². The van der Waals surface area contributed by atoms with Gasteiger partial charge in [0.25, 0.3) is 0 Å². The van der Waals surface area contributed by atoms with Gasteiger partial charge < -0.3 is 18.0 Å². The molecular weight excluding hydrogens is 564 g/mol. The van der Waals surface area contributed by atoms with Crippen LogP contribution in [0.5, 0.6) is 0 Å². The molecule has 0 atom stereocenters. The number of para-hydroxylation sites is 4. The molecule has 0 unspecified atom stereocenters. The van der Waals surface area contributed by atoms with Crippen LogP contribution in [0.4, 0.5) is 0 Å². The molecule has 11 aromatic rings. The zero-order valence-electron chi connectivity index (χ0n) is 24.6. The highest BCUT2D eigenvalue weighted by atomic mass is 16.3. The smallest absolute Gasteiger partial charge is 0.136 e. The molecule has 0 spiro atoms. The molecule has 0 bridgehead atoms. The quantitative estimate of drug-likeness (QED) is 0.201. The lowest BCUT2D eigenvalue weighted by Crippen LogP contribution is -1.97. The zero-order valence-corrected chi connectivity index (χ0v) is 24.6. The molecule has 7 aromatic carbocycles. The molecule has 0 saturated heterocycles. The third-order valence-electron chi connectivity index (χ3n) is 9.72. The molecule has 4 nitrogen and oxygen atoms in total. The number of hydrogen-bond donors (Lipinski definition) is 0. The first kappa shape index (κ1) is 24.1. The van der Waals surface area contributed by atoms with E-state index < -0.39 is 0 Å². The first-order valence-electron chi connectivity index (χ1n) is 15.6. The summed E-state index contributed by atoms with van der Waals surface area (Å²) in [6.45, 7) is 0. The van der Waals surface area contributed by atoms with E-state index in [0.717, 1.165) is 44.5 Å². The van der Waals surface area contributed by atoms with E-state index in [2.05, 4.69) is 130 Å². The Hall–Kier alpha value is -6.26. The van der Waals surface area contributed by atoms with Crippen LogP contribution in [0, 0.1) is 0 Å². The summed E-state index contributed by atoms with van der Waals surface area (Å²) in [4.78, 5) is 0. The summed E-state index contributed by atoms with van der Waals surface area (Å²) >= 11 is 0. The van der Waals surface area contributed by atoms with Crippen LogP contribution >= 0.6 is 0 Å².